The Kier molecular flexibility index (Phi) is 1.99. The molecule has 3 rings (SSSR count). The molecule has 0 saturated heterocycles. The highest BCUT2D eigenvalue weighted by atomic mass is 15.2. The van der Waals surface area contributed by atoms with Crippen molar-refractivity contribution in [3.8, 4) is 11.3 Å². The second-order valence-electron chi connectivity index (χ2n) is 3.79. The Bertz CT molecular complexity index is 571. The van der Waals surface area contributed by atoms with E-state index in [-0.39, 0.29) is 0 Å². The molecule has 0 spiro atoms. The van der Waals surface area contributed by atoms with Crippen molar-refractivity contribution >= 4 is 5.95 Å². The van der Waals surface area contributed by atoms with E-state index in [9.17, 15) is 0 Å². The van der Waals surface area contributed by atoms with Crippen LogP contribution in [0.5, 0.6) is 0 Å². The molecule has 0 aliphatic carbocycles. The summed E-state index contributed by atoms with van der Waals surface area (Å²) in [7, 11) is 0. The van der Waals surface area contributed by atoms with Crippen molar-refractivity contribution in [2.45, 2.75) is 6.54 Å². The lowest BCUT2D eigenvalue weighted by atomic mass is 10.1. The van der Waals surface area contributed by atoms with Crippen LogP contribution in [0.1, 0.15) is 0 Å². The predicted molar refractivity (Wildman–Crippen MR) is 62.0 cm³/mol. The summed E-state index contributed by atoms with van der Waals surface area (Å²) in [6.07, 6.45) is 0. The van der Waals surface area contributed by atoms with E-state index < -0.39 is 0 Å². The van der Waals surface area contributed by atoms with Crippen molar-refractivity contribution in [2.75, 3.05) is 11.9 Å². The summed E-state index contributed by atoms with van der Waals surface area (Å²) in [6, 6.07) is 11.8. The quantitative estimate of drug-likeness (QED) is 0.751. The zero-order valence-electron chi connectivity index (χ0n) is 8.77. The molecule has 4 heteroatoms. The third kappa shape index (κ3) is 1.39. The van der Waals surface area contributed by atoms with Gasteiger partial charge in [-0.3, -0.25) is 9.98 Å². The van der Waals surface area contributed by atoms with Crippen LogP contribution >= 0.6 is 0 Å². The molecule has 2 N–H and O–H groups in total. The van der Waals surface area contributed by atoms with Crippen LogP contribution in [0.15, 0.2) is 36.4 Å². The van der Waals surface area contributed by atoms with Gasteiger partial charge in [0.25, 0.3) is 0 Å². The Morgan fingerprint density at radius 3 is 2.88 bits per heavy atom. The zero-order chi connectivity index (χ0) is 11.0. The van der Waals surface area contributed by atoms with Gasteiger partial charge < -0.3 is 5.32 Å². The van der Waals surface area contributed by atoms with Crippen LogP contribution in [0.2, 0.25) is 0 Å². The van der Waals surface area contributed by atoms with Gasteiger partial charge in [0, 0.05) is 24.7 Å². The number of benzene rings is 1. The van der Waals surface area contributed by atoms with Gasteiger partial charge in [0.1, 0.15) is 5.49 Å². The maximum absolute atomic E-state index is 7.92. The number of hydrogen-bond acceptors (Lipinski definition) is 3. The SMILES string of the molecule is N=c1cc(-c2ccccc2)nc2n1CCN2. The molecule has 4 nitrogen and oxygen atoms in total. The van der Waals surface area contributed by atoms with Gasteiger partial charge in [-0.1, -0.05) is 30.3 Å². The standard InChI is InChI=1S/C12H12N4/c13-11-8-10(9-4-2-1-3-5-9)15-12-14-6-7-16(11)12/h1-5,8,13H,6-7H2,(H,14,15). The fourth-order valence-corrected chi connectivity index (χ4v) is 1.93. The lowest BCUT2D eigenvalue weighted by Gasteiger charge is -2.06. The number of nitrogens with one attached hydrogen (secondary N) is 2. The first-order chi connectivity index (χ1) is 7.84. The van der Waals surface area contributed by atoms with Gasteiger partial charge in [0.2, 0.25) is 5.95 Å². The molecule has 0 bridgehead atoms. The van der Waals surface area contributed by atoms with E-state index in [1.807, 2.05) is 41.0 Å². The fraction of sp³-hybridized carbons (Fsp3) is 0.167. The van der Waals surface area contributed by atoms with Crippen molar-refractivity contribution in [3.05, 3.63) is 41.9 Å². The van der Waals surface area contributed by atoms with Gasteiger partial charge >= 0.3 is 0 Å². The number of fused-ring (bicyclic) bond motifs is 1. The number of anilines is 1. The summed E-state index contributed by atoms with van der Waals surface area (Å²) in [4.78, 5) is 4.52. The summed E-state index contributed by atoms with van der Waals surface area (Å²) in [5, 5.41) is 11.1. The summed E-state index contributed by atoms with van der Waals surface area (Å²) < 4.78 is 1.88. The Morgan fingerprint density at radius 2 is 2.06 bits per heavy atom. The molecule has 2 aromatic rings. The molecule has 1 aromatic heterocycles. The van der Waals surface area contributed by atoms with Gasteiger partial charge in [-0.05, 0) is 0 Å². The van der Waals surface area contributed by atoms with Crippen molar-refractivity contribution in [3.63, 3.8) is 0 Å². The molecule has 16 heavy (non-hydrogen) atoms. The lowest BCUT2D eigenvalue weighted by Crippen LogP contribution is -2.18. The number of aromatic nitrogens is 2. The highest BCUT2D eigenvalue weighted by molar-refractivity contribution is 5.59. The largest absolute Gasteiger partial charge is 0.354 e. The van der Waals surface area contributed by atoms with Crippen LogP contribution in [0.3, 0.4) is 0 Å². The Labute approximate surface area is 93.1 Å². The summed E-state index contributed by atoms with van der Waals surface area (Å²) in [5.74, 6) is 0.798. The summed E-state index contributed by atoms with van der Waals surface area (Å²) >= 11 is 0. The molecule has 0 amide bonds. The summed E-state index contributed by atoms with van der Waals surface area (Å²) in [5.41, 5.74) is 2.41. The van der Waals surface area contributed by atoms with Crippen LogP contribution in [0.4, 0.5) is 5.95 Å². The third-order valence-electron chi connectivity index (χ3n) is 2.73. The van der Waals surface area contributed by atoms with E-state index in [1.54, 1.807) is 0 Å². The highest BCUT2D eigenvalue weighted by Gasteiger charge is 2.12. The first-order valence-electron chi connectivity index (χ1n) is 5.30. The van der Waals surface area contributed by atoms with Crippen molar-refractivity contribution in [1.29, 1.82) is 5.41 Å². The summed E-state index contributed by atoms with van der Waals surface area (Å²) in [6.45, 7) is 1.69. The van der Waals surface area contributed by atoms with Crippen LogP contribution in [0, 0.1) is 5.41 Å². The van der Waals surface area contributed by atoms with E-state index in [4.69, 9.17) is 5.41 Å². The number of rotatable bonds is 1. The molecule has 0 radical (unpaired) electrons. The normalized spacial score (nSPS) is 13.2. The van der Waals surface area contributed by atoms with E-state index >= 15 is 0 Å². The Balaban J connectivity index is 2.17. The van der Waals surface area contributed by atoms with Crippen molar-refractivity contribution in [2.24, 2.45) is 0 Å². The number of hydrogen-bond donors (Lipinski definition) is 2. The maximum atomic E-state index is 7.92. The Morgan fingerprint density at radius 1 is 1.25 bits per heavy atom. The van der Waals surface area contributed by atoms with Crippen LogP contribution < -0.4 is 10.8 Å². The second-order valence-corrected chi connectivity index (χ2v) is 3.79. The minimum Gasteiger partial charge on any atom is -0.354 e. The molecule has 0 saturated carbocycles. The van der Waals surface area contributed by atoms with Crippen LogP contribution in [0.25, 0.3) is 11.3 Å². The Hall–Kier alpha value is -2.10. The average Bonchev–Trinajstić information content (AvgIpc) is 2.79. The van der Waals surface area contributed by atoms with Gasteiger partial charge in [-0.25, -0.2) is 4.98 Å². The molecular weight excluding hydrogens is 200 g/mol. The average molecular weight is 212 g/mol. The molecule has 2 heterocycles. The molecule has 0 atom stereocenters. The topological polar surface area (TPSA) is 53.7 Å². The van der Waals surface area contributed by atoms with E-state index in [0.717, 1.165) is 30.3 Å². The zero-order valence-corrected chi connectivity index (χ0v) is 8.77. The van der Waals surface area contributed by atoms with E-state index in [1.165, 1.54) is 0 Å². The van der Waals surface area contributed by atoms with Crippen LogP contribution in [-0.2, 0) is 6.54 Å². The maximum Gasteiger partial charge on any atom is 0.205 e. The highest BCUT2D eigenvalue weighted by Crippen LogP contribution is 2.17. The van der Waals surface area contributed by atoms with Gasteiger partial charge in [-0.2, -0.15) is 0 Å². The molecule has 80 valence electrons. The minimum atomic E-state index is 0.508. The van der Waals surface area contributed by atoms with Gasteiger partial charge in [0.15, 0.2) is 0 Å². The molecule has 0 fully saturated rings. The molecule has 1 aliphatic rings. The van der Waals surface area contributed by atoms with Crippen LogP contribution in [-0.4, -0.2) is 16.1 Å². The third-order valence-corrected chi connectivity index (χ3v) is 2.73. The van der Waals surface area contributed by atoms with Gasteiger partial charge in [-0.15, -0.1) is 0 Å². The molecule has 0 unspecified atom stereocenters. The minimum absolute atomic E-state index is 0.508. The van der Waals surface area contributed by atoms with Gasteiger partial charge in [0.05, 0.1) is 5.69 Å². The lowest BCUT2D eigenvalue weighted by molar-refractivity contribution is 0.735. The molecular formula is C12H12N4. The first-order valence-corrected chi connectivity index (χ1v) is 5.30. The molecule has 1 aromatic carbocycles. The van der Waals surface area contributed by atoms with Crippen molar-refractivity contribution < 1.29 is 0 Å². The monoisotopic (exact) mass is 212 g/mol. The van der Waals surface area contributed by atoms with Crippen molar-refractivity contribution in [1.82, 2.24) is 9.55 Å². The number of nitrogens with zero attached hydrogens (tertiary/aromatic N) is 2. The fourth-order valence-electron chi connectivity index (χ4n) is 1.93. The molecule has 1 aliphatic heterocycles. The second kappa shape index (κ2) is 3.48. The smallest absolute Gasteiger partial charge is 0.205 e. The van der Waals surface area contributed by atoms with E-state index in [2.05, 4.69) is 10.3 Å². The van der Waals surface area contributed by atoms with E-state index in [0.29, 0.717) is 5.49 Å². The predicted octanol–water partition coefficient (Wildman–Crippen LogP) is 1.46. The first kappa shape index (κ1) is 9.15.